The highest BCUT2D eigenvalue weighted by molar-refractivity contribution is 5.66. The Kier molecular flexibility index (Phi) is 5.52. The third-order valence-electron chi connectivity index (χ3n) is 2.48. The fourth-order valence-corrected chi connectivity index (χ4v) is 1.82. The van der Waals surface area contributed by atoms with Gasteiger partial charge in [0.25, 0.3) is 0 Å². The van der Waals surface area contributed by atoms with Gasteiger partial charge in [0.05, 0.1) is 6.61 Å². The molecule has 18 heavy (non-hydrogen) atoms. The smallest absolute Gasteiger partial charge is 0.303 e. The van der Waals surface area contributed by atoms with E-state index in [0.29, 0.717) is 0 Å². The number of ether oxygens (including phenoxy) is 4. The molecular weight excluding hydrogens is 244 g/mol. The summed E-state index contributed by atoms with van der Waals surface area (Å²) in [6.45, 7) is 2.67. The van der Waals surface area contributed by atoms with Crippen molar-refractivity contribution < 1.29 is 33.6 Å². The number of carbonyl (C=O) groups is 2. The molecular formula is C11H18O7. The Hall–Kier alpha value is -1.18. The highest BCUT2D eigenvalue weighted by Gasteiger charge is 2.41. The SMILES string of the molecule is COCC(OC(C)=O)[C@@H]1C[C@@H](OC(C)=O)[C@@H](O)O1. The van der Waals surface area contributed by atoms with Crippen molar-refractivity contribution in [2.75, 3.05) is 13.7 Å². The summed E-state index contributed by atoms with van der Waals surface area (Å²) in [5.74, 6) is -0.967. The molecule has 1 unspecified atom stereocenters. The minimum atomic E-state index is -1.21. The summed E-state index contributed by atoms with van der Waals surface area (Å²) in [5.41, 5.74) is 0. The van der Waals surface area contributed by atoms with Crippen LogP contribution in [0.4, 0.5) is 0 Å². The van der Waals surface area contributed by atoms with Crippen LogP contribution in [0.5, 0.6) is 0 Å². The Morgan fingerprint density at radius 2 is 2.06 bits per heavy atom. The second kappa shape index (κ2) is 6.67. The van der Waals surface area contributed by atoms with E-state index >= 15 is 0 Å². The van der Waals surface area contributed by atoms with Gasteiger partial charge in [0.1, 0.15) is 6.10 Å². The average molecular weight is 262 g/mol. The number of hydrogen-bond donors (Lipinski definition) is 1. The molecule has 1 N–H and O–H groups in total. The lowest BCUT2D eigenvalue weighted by molar-refractivity contribution is -0.181. The van der Waals surface area contributed by atoms with Crippen LogP contribution in [-0.4, -0.2) is 55.4 Å². The molecule has 7 nitrogen and oxygen atoms in total. The fourth-order valence-electron chi connectivity index (χ4n) is 1.82. The summed E-state index contributed by atoms with van der Waals surface area (Å²) >= 11 is 0. The van der Waals surface area contributed by atoms with Crippen LogP contribution in [0.15, 0.2) is 0 Å². The predicted octanol–water partition coefficient (Wildman–Crippen LogP) is -0.397. The number of aliphatic hydroxyl groups is 1. The average Bonchev–Trinajstić information content (AvgIpc) is 2.58. The maximum atomic E-state index is 10.9. The van der Waals surface area contributed by atoms with E-state index in [1.54, 1.807) is 0 Å². The largest absolute Gasteiger partial charge is 0.457 e. The van der Waals surface area contributed by atoms with Gasteiger partial charge in [-0.3, -0.25) is 9.59 Å². The lowest BCUT2D eigenvalue weighted by Crippen LogP contribution is -2.34. The van der Waals surface area contributed by atoms with Crippen molar-refractivity contribution in [2.24, 2.45) is 0 Å². The fraction of sp³-hybridized carbons (Fsp3) is 0.818. The maximum Gasteiger partial charge on any atom is 0.303 e. The minimum Gasteiger partial charge on any atom is -0.457 e. The van der Waals surface area contributed by atoms with E-state index in [4.69, 9.17) is 18.9 Å². The van der Waals surface area contributed by atoms with Gasteiger partial charge in [-0.15, -0.1) is 0 Å². The molecule has 0 amide bonds. The van der Waals surface area contributed by atoms with Crippen LogP contribution < -0.4 is 0 Å². The van der Waals surface area contributed by atoms with Gasteiger partial charge in [-0.25, -0.2) is 0 Å². The Morgan fingerprint density at radius 3 is 2.56 bits per heavy atom. The number of aliphatic hydroxyl groups excluding tert-OH is 1. The molecule has 1 fully saturated rings. The zero-order valence-corrected chi connectivity index (χ0v) is 10.6. The first-order valence-electron chi connectivity index (χ1n) is 5.61. The normalized spacial score (nSPS) is 28.8. The molecule has 0 aliphatic carbocycles. The lowest BCUT2D eigenvalue weighted by atomic mass is 10.1. The zero-order valence-electron chi connectivity index (χ0n) is 10.6. The van der Waals surface area contributed by atoms with Crippen molar-refractivity contribution in [3.63, 3.8) is 0 Å². The van der Waals surface area contributed by atoms with Crippen LogP contribution in [0, 0.1) is 0 Å². The van der Waals surface area contributed by atoms with Crippen LogP contribution in [0.2, 0.25) is 0 Å². The molecule has 1 heterocycles. The molecule has 1 aliphatic heterocycles. The zero-order chi connectivity index (χ0) is 13.7. The molecule has 4 atom stereocenters. The molecule has 104 valence electrons. The Labute approximate surface area is 105 Å². The van der Waals surface area contributed by atoms with E-state index in [-0.39, 0.29) is 13.0 Å². The topological polar surface area (TPSA) is 91.3 Å². The summed E-state index contributed by atoms with van der Waals surface area (Å²) in [7, 11) is 1.46. The first kappa shape index (κ1) is 14.9. The van der Waals surface area contributed by atoms with Crippen molar-refractivity contribution in [3.8, 4) is 0 Å². The molecule has 1 saturated heterocycles. The van der Waals surface area contributed by atoms with Gasteiger partial charge < -0.3 is 24.1 Å². The molecule has 0 spiro atoms. The second-order valence-corrected chi connectivity index (χ2v) is 4.05. The maximum absolute atomic E-state index is 10.9. The summed E-state index contributed by atoms with van der Waals surface area (Å²) < 4.78 is 20.1. The number of esters is 2. The summed E-state index contributed by atoms with van der Waals surface area (Å²) in [4.78, 5) is 21.8. The van der Waals surface area contributed by atoms with Gasteiger partial charge in [-0.05, 0) is 0 Å². The number of methoxy groups -OCH3 is 1. The highest BCUT2D eigenvalue weighted by Crippen LogP contribution is 2.25. The number of hydrogen-bond acceptors (Lipinski definition) is 7. The molecule has 0 aromatic rings. The standard InChI is InChI=1S/C11H18O7/c1-6(12)16-9-4-8(18-11(9)14)10(5-15-3)17-7(2)13/h8-11,14H,4-5H2,1-3H3/t8-,9+,10?,11-/m0/s1. The molecule has 0 aromatic heterocycles. The van der Waals surface area contributed by atoms with Gasteiger partial charge in [0.15, 0.2) is 18.5 Å². The second-order valence-electron chi connectivity index (χ2n) is 4.05. The van der Waals surface area contributed by atoms with E-state index in [1.807, 2.05) is 0 Å². The monoisotopic (exact) mass is 262 g/mol. The molecule has 1 rings (SSSR count). The van der Waals surface area contributed by atoms with E-state index in [0.717, 1.165) is 0 Å². The van der Waals surface area contributed by atoms with Crippen molar-refractivity contribution in [1.29, 1.82) is 0 Å². The summed E-state index contributed by atoms with van der Waals surface area (Å²) in [5, 5.41) is 9.58. The number of carbonyl (C=O) groups excluding carboxylic acids is 2. The van der Waals surface area contributed by atoms with E-state index in [2.05, 4.69) is 0 Å². The third kappa shape index (κ3) is 4.25. The third-order valence-corrected chi connectivity index (χ3v) is 2.48. The van der Waals surface area contributed by atoms with Crippen LogP contribution in [0.25, 0.3) is 0 Å². The molecule has 7 heteroatoms. The van der Waals surface area contributed by atoms with Gasteiger partial charge in [-0.1, -0.05) is 0 Å². The Balaban J connectivity index is 2.59. The first-order valence-corrected chi connectivity index (χ1v) is 5.61. The van der Waals surface area contributed by atoms with Crippen molar-refractivity contribution in [3.05, 3.63) is 0 Å². The quantitative estimate of drug-likeness (QED) is 0.674. The predicted molar refractivity (Wildman–Crippen MR) is 58.5 cm³/mol. The van der Waals surface area contributed by atoms with E-state index < -0.39 is 36.5 Å². The van der Waals surface area contributed by atoms with Crippen molar-refractivity contribution in [1.82, 2.24) is 0 Å². The Morgan fingerprint density at radius 1 is 1.39 bits per heavy atom. The Bertz CT molecular complexity index is 304. The van der Waals surface area contributed by atoms with Crippen molar-refractivity contribution >= 4 is 11.9 Å². The van der Waals surface area contributed by atoms with Crippen molar-refractivity contribution in [2.45, 2.75) is 44.9 Å². The van der Waals surface area contributed by atoms with Gasteiger partial charge in [0, 0.05) is 27.4 Å². The van der Waals surface area contributed by atoms with Gasteiger partial charge in [-0.2, -0.15) is 0 Å². The van der Waals surface area contributed by atoms with Crippen LogP contribution >= 0.6 is 0 Å². The highest BCUT2D eigenvalue weighted by atomic mass is 16.7. The summed E-state index contributed by atoms with van der Waals surface area (Å²) in [6.07, 6.45) is -2.91. The minimum absolute atomic E-state index is 0.143. The van der Waals surface area contributed by atoms with Crippen LogP contribution in [0.1, 0.15) is 20.3 Å². The van der Waals surface area contributed by atoms with E-state index in [9.17, 15) is 14.7 Å². The molecule has 0 bridgehead atoms. The van der Waals surface area contributed by atoms with Gasteiger partial charge >= 0.3 is 11.9 Å². The molecule has 0 radical (unpaired) electrons. The molecule has 0 saturated carbocycles. The summed E-state index contributed by atoms with van der Waals surface area (Å²) in [6, 6.07) is 0. The first-order chi connectivity index (χ1) is 8.43. The van der Waals surface area contributed by atoms with E-state index in [1.165, 1.54) is 21.0 Å². The lowest BCUT2D eigenvalue weighted by Gasteiger charge is -2.21. The van der Waals surface area contributed by atoms with Crippen LogP contribution in [-0.2, 0) is 28.5 Å². The van der Waals surface area contributed by atoms with Crippen LogP contribution in [0.3, 0.4) is 0 Å². The number of rotatable bonds is 5. The molecule has 0 aromatic carbocycles. The van der Waals surface area contributed by atoms with Gasteiger partial charge in [0.2, 0.25) is 0 Å². The molecule has 1 aliphatic rings.